The molecule has 2 aromatic rings. The van der Waals surface area contributed by atoms with E-state index in [1.54, 1.807) is 7.11 Å². The van der Waals surface area contributed by atoms with Crippen molar-refractivity contribution in [3.05, 3.63) is 41.6 Å². The van der Waals surface area contributed by atoms with Crippen LogP contribution in [0.5, 0.6) is 5.75 Å². The molecule has 126 valence electrons. The predicted molar refractivity (Wildman–Crippen MR) is 90.5 cm³/mol. The van der Waals surface area contributed by atoms with Crippen LogP contribution in [-0.2, 0) is 13.0 Å². The molecule has 0 aliphatic carbocycles. The first-order valence-corrected chi connectivity index (χ1v) is 8.00. The number of methoxy groups -OCH3 is 1. The molecule has 0 aliphatic rings. The fourth-order valence-electron chi connectivity index (χ4n) is 2.56. The van der Waals surface area contributed by atoms with Crippen LogP contribution in [0.3, 0.4) is 0 Å². The third-order valence-corrected chi connectivity index (χ3v) is 3.50. The van der Waals surface area contributed by atoms with E-state index in [1.807, 2.05) is 19.1 Å². The lowest BCUT2D eigenvalue weighted by atomic mass is 9.96. The largest absolute Gasteiger partial charge is 0.497 e. The standard InChI is InChI=1S/C18H27N3O2/c1-14-19-20-17(23-14)12-21(13-18(2,3)4)11-10-15-6-8-16(22-5)9-7-15/h6-9H,10-13H2,1-5H3. The van der Waals surface area contributed by atoms with Gasteiger partial charge in [0.1, 0.15) is 5.75 Å². The Morgan fingerprint density at radius 3 is 2.35 bits per heavy atom. The van der Waals surface area contributed by atoms with Gasteiger partial charge in [0.05, 0.1) is 13.7 Å². The van der Waals surface area contributed by atoms with Crippen LogP contribution in [0.4, 0.5) is 0 Å². The first-order chi connectivity index (χ1) is 10.9. The number of benzene rings is 1. The molecule has 0 radical (unpaired) electrons. The molecule has 1 heterocycles. The fraction of sp³-hybridized carbons (Fsp3) is 0.556. The second kappa shape index (κ2) is 7.59. The van der Waals surface area contributed by atoms with Gasteiger partial charge in [0.15, 0.2) is 0 Å². The Morgan fingerprint density at radius 1 is 1.13 bits per heavy atom. The Hall–Kier alpha value is -1.88. The van der Waals surface area contributed by atoms with E-state index < -0.39 is 0 Å². The molecule has 0 fully saturated rings. The van der Waals surface area contributed by atoms with Gasteiger partial charge >= 0.3 is 0 Å². The highest BCUT2D eigenvalue weighted by atomic mass is 16.5. The fourth-order valence-corrected chi connectivity index (χ4v) is 2.56. The summed E-state index contributed by atoms with van der Waals surface area (Å²) in [6.07, 6.45) is 0.979. The van der Waals surface area contributed by atoms with Gasteiger partial charge in [-0.05, 0) is 29.5 Å². The molecule has 0 spiro atoms. The maximum atomic E-state index is 5.53. The third kappa shape index (κ3) is 6.02. The van der Waals surface area contributed by atoms with Gasteiger partial charge in [0.25, 0.3) is 0 Å². The Kier molecular flexibility index (Phi) is 5.77. The van der Waals surface area contributed by atoms with Gasteiger partial charge in [-0.25, -0.2) is 0 Å². The summed E-state index contributed by atoms with van der Waals surface area (Å²) >= 11 is 0. The van der Waals surface area contributed by atoms with E-state index in [4.69, 9.17) is 9.15 Å². The molecule has 0 atom stereocenters. The van der Waals surface area contributed by atoms with Crippen LogP contribution in [0.25, 0.3) is 0 Å². The predicted octanol–water partition coefficient (Wildman–Crippen LogP) is 3.48. The van der Waals surface area contributed by atoms with Crippen molar-refractivity contribution in [2.24, 2.45) is 5.41 Å². The highest BCUT2D eigenvalue weighted by molar-refractivity contribution is 5.27. The average Bonchev–Trinajstić information content (AvgIpc) is 2.89. The molecule has 0 aliphatic heterocycles. The van der Waals surface area contributed by atoms with Crippen LogP contribution in [-0.4, -0.2) is 35.3 Å². The summed E-state index contributed by atoms with van der Waals surface area (Å²) in [7, 11) is 1.69. The van der Waals surface area contributed by atoms with Crippen molar-refractivity contribution in [2.75, 3.05) is 20.2 Å². The summed E-state index contributed by atoms with van der Waals surface area (Å²) in [5.74, 6) is 2.19. The Balaban J connectivity index is 1.98. The quantitative estimate of drug-likeness (QED) is 0.782. The normalized spacial score (nSPS) is 11.9. The SMILES string of the molecule is COc1ccc(CCN(Cc2nnc(C)o2)CC(C)(C)C)cc1. The zero-order chi connectivity index (χ0) is 16.9. The topological polar surface area (TPSA) is 51.4 Å². The molecule has 2 rings (SSSR count). The van der Waals surface area contributed by atoms with E-state index in [9.17, 15) is 0 Å². The lowest BCUT2D eigenvalue weighted by Gasteiger charge is -2.29. The number of hydrogen-bond donors (Lipinski definition) is 0. The van der Waals surface area contributed by atoms with Crippen molar-refractivity contribution in [3.8, 4) is 5.75 Å². The molecular weight excluding hydrogens is 290 g/mol. The van der Waals surface area contributed by atoms with Crippen molar-refractivity contribution in [2.45, 2.75) is 40.7 Å². The van der Waals surface area contributed by atoms with Crippen molar-refractivity contribution in [1.82, 2.24) is 15.1 Å². The van der Waals surface area contributed by atoms with E-state index in [0.717, 1.165) is 25.3 Å². The Labute approximate surface area is 138 Å². The first-order valence-electron chi connectivity index (χ1n) is 8.00. The summed E-state index contributed by atoms with van der Waals surface area (Å²) in [4.78, 5) is 2.37. The molecule has 0 bridgehead atoms. The lowest BCUT2D eigenvalue weighted by Crippen LogP contribution is -2.34. The zero-order valence-corrected chi connectivity index (χ0v) is 14.8. The summed E-state index contributed by atoms with van der Waals surface area (Å²) in [6.45, 7) is 11.2. The van der Waals surface area contributed by atoms with E-state index in [0.29, 0.717) is 18.3 Å². The van der Waals surface area contributed by atoms with Crippen LogP contribution in [0, 0.1) is 12.3 Å². The number of rotatable bonds is 7. The van der Waals surface area contributed by atoms with Gasteiger partial charge in [0.2, 0.25) is 11.8 Å². The van der Waals surface area contributed by atoms with Gasteiger partial charge in [-0.2, -0.15) is 0 Å². The average molecular weight is 317 g/mol. The third-order valence-electron chi connectivity index (χ3n) is 3.50. The molecule has 0 saturated heterocycles. The lowest BCUT2D eigenvalue weighted by molar-refractivity contribution is 0.171. The number of hydrogen-bond acceptors (Lipinski definition) is 5. The highest BCUT2D eigenvalue weighted by Gasteiger charge is 2.18. The van der Waals surface area contributed by atoms with E-state index in [1.165, 1.54) is 5.56 Å². The maximum Gasteiger partial charge on any atom is 0.230 e. The van der Waals surface area contributed by atoms with Crippen LogP contribution in [0.15, 0.2) is 28.7 Å². The molecular formula is C18H27N3O2. The van der Waals surface area contributed by atoms with Crippen molar-refractivity contribution >= 4 is 0 Å². The molecule has 1 aromatic heterocycles. The molecule has 0 saturated carbocycles. The number of nitrogens with zero attached hydrogens (tertiary/aromatic N) is 3. The molecule has 0 unspecified atom stereocenters. The smallest absolute Gasteiger partial charge is 0.230 e. The van der Waals surface area contributed by atoms with Crippen LogP contribution in [0.1, 0.15) is 38.1 Å². The zero-order valence-electron chi connectivity index (χ0n) is 14.8. The Bertz CT molecular complexity index is 599. The minimum atomic E-state index is 0.217. The summed E-state index contributed by atoms with van der Waals surface area (Å²) in [5, 5.41) is 8.03. The molecule has 0 N–H and O–H groups in total. The molecule has 23 heavy (non-hydrogen) atoms. The second-order valence-electron chi connectivity index (χ2n) is 7.08. The summed E-state index contributed by atoms with van der Waals surface area (Å²) < 4.78 is 10.7. The van der Waals surface area contributed by atoms with Crippen LogP contribution in [0.2, 0.25) is 0 Å². The number of ether oxygens (including phenoxy) is 1. The minimum absolute atomic E-state index is 0.217. The van der Waals surface area contributed by atoms with Crippen molar-refractivity contribution in [1.29, 1.82) is 0 Å². The Morgan fingerprint density at radius 2 is 1.83 bits per heavy atom. The molecule has 1 aromatic carbocycles. The van der Waals surface area contributed by atoms with Gasteiger partial charge in [-0.1, -0.05) is 32.9 Å². The molecule has 0 amide bonds. The number of aryl methyl sites for hydroxylation is 1. The summed E-state index contributed by atoms with van der Waals surface area (Å²) in [6, 6.07) is 8.24. The monoisotopic (exact) mass is 317 g/mol. The molecule has 5 nitrogen and oxygen atoms in total. The van der Waals surface area contributed by atoms with Crippen LogP contribution < -0.4 is 4.74 Å². The molecule has 5 heteroatoms. The van der Waals surface area contributed by atoms with Gasteiger partial charge in [-0.3, -0.25) is 4.90 Å². The maximum absolute atomic E-state index is 5.53. The van der Waals surface area contributed by atoms with E-state index in [2.05, 4.69) is 48.0 Å². The van der Waals surface area contributed by atoms with Crippen LogP contribution >= 0.6 is 0 Å². The van der Waals surface area contributed by atoms with E-state index in [-0.39, 0.29) is 5.41 Å². The van der Waals surface area contributed by atoms with Gasteiger partial charge in [0, 0.05) is 20.0 Å². The second-order valence-corrected chi connectivity index (χ2v) is 7.08. The minimum Gasteiger partial charge on any atom is -0.497 e. The number of aromatic nitrogens is 2. The van der Waals surface area contributed by atoms with Gasteiger partial charge in [-0.15, -0.1) is 10.2 Å². The van der Waals surface area contributed by atoms with E-state index >= 15 is 0 Å². The van der Waals surface area contributed by atoms with Crippen molar-refractivity contribution in [3.63, 3.8) is 0 Å². The highest BCUT2D eigenvalue weighted by Crippen LogP contribution is 2.18. The van der Waals surface area contributed by atoms with Gasteiger partial charge < -0.3 is 9.15 Å². The first kappa shape index (κ1) is 17.5. The van der Waals surface area contributed by atoms with Crippen molar-refractivity contribution < 1.29 is 9.15 Å². The summed E-state index contributed by atoms with van der Waals surface area (Å²) in [5.41, 5.74) is 1.51.